The molecule has 148 valence electrons. The molecule has 0 fully saturated rings. The largest absolute Gasteiger partial charge is 0.468 e. The zero-order chi connectivity index (χ0) is 20.3. The van der Waals surface area contributed by atoms with E-state index in [1.165, 1.54) is 14.0 Å². The van der Waals surface area contributed by atoms with Crippen molar-refractivity contribution in [1.82, 2.24) is 10.2 Å². The first-order valence-electron chi connectivity index (χ1n) is 7.86. The lowest BCUT2D eigenvalue weighted by Crippen LogP contribution is -2.53. The first-order valence-corrected chi connectivity index (χ1v) is 8.49. The number of methoxy groups -OCH3 is 2. The summed E-state index contributed by atoms with van der Waals surface area (Å²) in [7, 11) is 2.31. The number of rotatable bonds is 10. The van der Waals surface area contributed by atoms with Crippen LogP contribution < -0.4 is 11.1 Å². The minimum Gasteiger partial charge on any atom is -0.468 e. The van der Waals surface area contributed by atoms with Crippen molar-refractivity contribution in [3.63, 3.8) is 0 Å². The number of nitrogens with two attached hydrogens (primary N) is 1. The van der Waals surface area contributed by atoms with E-state index in [4.69, 9.17) is 5.73 Å². The maximum Gasteiger partial charge on any atom is 0.325 e. The molecule has 11 heteroatoms. The summed E-state index contributed by atoms with van der Waals surface area (Å²) in [6, 6.07) is -2.09. The lowest BCUT2D eigenvalue weighted by Gasteiger charge is -2.24. The number of nitrogens with one attached hydrogen (secondary N) is 1. The third-order valence-corrected chi connectivity index (χ3v) is 3.75. The number of hydrogen-bond acceptors (Lipinski definition) is 9. The van der Waals surface area contributed by atoms with Crippen molar-refractivity contribution < 1.29 is 33.4 Å². The zero-order valence-corrected chi connectivity index (χ0v) is 15.9. The highest BCUT2D eigenvalue weighted by Crippen LogP contribution is 2.04. The van der Waals surface area contributed by atoms with Crippen LogP contribution in [0.15, 0.2) is 0 Å². The van der Waals surface area contributed by atoms with Crippen molar-refractivity contribution in [1.29, 1.82) is 0 Å². The van der Waals surface area contributed by atoms with E-state index in [1.54, 1.807) is 0 Å². The molecule has 3 N–H and O–H groups in total. The number of nitrogens with zero attached hydrogens (tertiary/aromatic N) is 1. The molecule has 2 atom stereocenters. The summed E-state index contributed by atoms with van der Waals surface area (Å²) in [5.41, 5.74) is 5.53. The molecule has 2 unspecified atom stereocenters. The van der Waals surface area contributed by atoms with Crippen LogP contribution >= 0.6 is 12.6 Å². The molecule has 0 aliphatic rings. The van der Waals surface area contributed by atoms with Crippen molar-refractivity contribution >= 4 is 42.3 Å². The minimum absolute atomic E-state index is 0.00997. The van der Waals surface area contributed by atoms with Crippen LogP contribution in [0.5, 0.6) is 0 Å². The van der Waals surface area contributed by atoms with Crippen LogP contribution in [0.1, 0.15) is 26.2 Å². The van der Waals surface area contributed by atoms with Gasteiger partial charge in [-0.25, -0.2) is 0 Å². The standard InChI is InChI=1S/C15H25N3O7S/c1-4-12(20)18(7-13(21)24-2)14(22)10(8-26)17-11(19)6-5-9(16)15(23)25-3/h9-10,26H,4-8,16H2,1-3H3,(H,17,19). The molecule has 0 aromatic carbocycles. The Kier molecular flexibility index (Phi) is 11.2. The second-order valence-corrected chi connectivity index (χ2v) is 5.58. The van der Waals surface area contributed by atoms with Crippen molar-refractivity contribution in [2.24, 2.45) is 5.73 Å². The van der Waals surface area contributed by atoms with Crippen LogP contribution in [0.3, 0.4) is 0 Å². The highest BCUT2D eigenvalue weighted by Gasteiger charge is 2.30. The molecule has 0 spiro atoms. The predicted molar refractivity (Wildman–Crippen MR) is 94.0 cm³/mol. The number of thiol groups is 1. The lowest BCUT2D eigenvalue weighted by molar-refractivity contribution is -0.155. The highest BCUT2D eigenvalue weighted by molar-refractivity contribution is 7.80. The number of amides is 3. The lowest BCUT2D eigenvalue weighted by atomic mass is 10.1. The fraction of sp³-hybridized carbons (Fsp3) is 0.667. The zero-order valence-electron chi connectivity index (χ0n) is 15.0. The summed E-state index contributed by atoms with van der Waals surface area (Å²) in [6.45, 7) is 0.970. The van der Waals surface area contributed by atoms with E-state index in [-0.39, 0.29) is 25.0 Å². The van der Waals surface area contributed by atoms with E-state index in [0.29, 0.717) is 4.90 Å². The third kappa shape index (κ3) is 7.83. The number of imide groups is 1. The Labute approximate surface area is 157 Å². The highest BCUT2D eigenvalue weighted by atomic mass is 32.1. The fourth-order valence-electron chi connectivity index (χ4n) is 1.87. The number of ether oxygens (including phenoxy) is 2. The van der Waals surface area contributed by atoms with Crippen molar-refractivity contribution in [3.8, 4) is 0 Å². The van der Waals surface area contributed by atoms with Gasteiger partial charge in [0, 0.05) is 18.6 Å². The molecule has 26 heavy (non-hydrogen) atoms. The number of carbonyl (C=O) groups excluding carboxylic acids is 5. The quantitative estimate of drug-likeness (QED) is 0.305. The molecule has 0 aliphatic carbocycles. The van der Waals surface area contributed by atoms with Crippen molar-refractivity contribution in [2.45, 2.75) is 38.3 Å². The first-order chi connectivity index (χ1) is 12.2. The molecule has 0 saturated carbocycles. The Balaban J connectivity index is 4.92. The predicted octanol–water partition coefficient (Wildman–Crippen LogP) is -1.38. The molecular weight excluding hydrogens is 366 g/mol. The van der Waals surface area contributed by atoms with Gasteiger partial charge in [-0.15, -0.1) is 0 Å². The van der Waals surface area contributed by atoms with Crippen LogP contribution in [0.25, 0.3) is 0 Å². The molecule has 0 saturated heterocycles. The third-order valence-electron chi connectivity index (χ3n) is 3.39. The van der Waals surface area contributed by atoms with Gasteiger partial charge in [0.2, 0.25) is 11.8 Å². The average molecular weight is 391 g/mol. The summed E-state index contributed by atoms with van der Waals surface area (Å²) in [5.74, 6) is -3.44. The molecule has 3 amide bonds. The molecule has 0 bridgehead atoms. The molecule has 0 aliphatic heterocycles. The second kappa shape index (κ2) is 12.3. The van der Waals surface area contributed by atoms with Gasteiger partial charge in [0.1, 0.15) is 18.6 Å². The molecule has 0 heterocycles. The fourth-order valence-corrected chi connectivity index (χ4v) is 2.12. The summed E-state index contributed by atoms with van der Waals surface area (Å²) in [5, 5.41) is 2.41. The topological polar surface area (TPSA) is 145 Å². The molecular formula is C15H25N3O7S. The SMILES string of the molecule is CCC(=O)N(CC(=O)OC)C(=O)C(CS)NC(=O)CCC(N)C(=O)OC. The van der Waals surface area contributed by atoms with Gasteiger partial charge in [-0.1, -0.05) is 6.92 Å². The maximum atomic E-state index is 12.5. The molecule has 0 aromatic heterocycles. The van der Waals surface area contributed by atoms with Crippen molar-refractivity contribution in [3.05, 3.63) is 0 Å². The molecule has 0 aromatic rings. The normalized spacial score (nSPS) is 12.5. The van der Waals surface area contributed by atoms with Gasteiger partial charge in [0.05, 0.1) is 14.2 Å². The summed E-state index contributed by atoms with van der Waals surface area (Å²) < 4.78 is 8.92. The molecule has 10 nitrogen and oxygen atoms in total. The number of esters is 2. The van der Waals surface area contributed by atoms with Gasteiger partial charge in [0.25, 0.3) is 5.91 Å². The van der Waals surface area contributed by atoms with Gasteiger partial charge in [-0.05, 0) is 6.42 Å². The summed E-state index contributed by atoms with van der Waals surface area (Å²) >= 11 is 4.00. The minimum atomic E-state index is -1.12. The van der Waals surface area contributed by atoms with E-state index < -0.39 is 48.3 Å². The van der Waals surface area contributed by atoms with Crippen LogP contribution in [0, 0.1) is 0 Å². The van der Waals surface area contributed by atoms with E-state index in [9.17, 15) is 24.0 Å². The van der Waals surface area contributed by atoms with Crippen LogP contribution in [-0.2, 0) is 33.4 Å². The average Bonchev–Trinajstić information content (AvgIpc) is 2.65. The Morgan fingerprint density at radius 1 is 1.15 bits per heavy atom. The molecule has 0 radical (unpaired) electrons. The Morgan fingerprint density at radius 2 is 1.77 bits per heavy atom. The Morgan fingerprint density at radius 3 is 2.23 bits per heavy atom. The van der Waals surface area contributed by atoms with Gasteiger partial charge < -0.3 is 20.5 Å². The van der Waals surface area contributed by atoms with Gasteiger partial charge in [-0.2, -0.15) is 12.6 Å². The molecule has 0 rings (SSSR count). The van der Waals surface area contributed by atoms with Crippen LogP contribution in [-0.4, -0.2) is 73.2 Å². The van der Waals surface area contributed by atoms with Gasteiger partial charge in [0.15, 0.2) is 0 Å². The smallest absolute Gasteiger partial charge is 0.325 e. The Hall–Kier alpha value is -2.14. The van der Waals surface area contributed by atoms with Crippen LogP contribution in [0.2, 0.25) is 0 Å². The second-order valence-electron chi connectivity index (χ2n) is 5.22. The van der Waals surface area contributed by atoms with Crippen molar-refractivity contribution in [2.75, 3.05) is 26.5 Å². The van der Waals surface area contributed by atoms with Gasteiger partial charge >= 0.3 is 11.9 Å². The first kappa shape index (κ1) is 23.9. The number of carbonyl (C=O) groups is 5. The summed E-state index contributed by atoms with van der Waals surface area (Å²) in [4.78, 5) is 59.7. The van der Waals surface area contributed by atoms with E-state index in [0.717, 1.165) is 7.11 Å². The van der Waals surface area contributed by atoms with Gasteiger partial charge in [-0.3, -0.25) is 28.9 Å². The number of hydrogen-bond donors (Lipinski definition) is 3. The van der Waals surface area contributed by atoms with Crippen LogP contribution in [0.4, 0.5) is 0 Å². The van der Waals surface area contributed by atoms with E-state index in [2.05, 4.69) is 27.4 Å². The van der Waals surface area contributed by atoms with E-state index >= 15 is 0 Å². The Bertz CT molecular complexity index is 541. The maximum absolute atomic E-state index is 12.5. The summed E-state index contributed by atoms with van der Waals surface area (Å²) in [6.07, 6.45) is -0.123. The van der Waals surface area contributed by atoms with E-state index in [1.807, 2.05) is 0 Å². The monoisotopic (exact) mass is 391 g/mol.